The zero-order valence-electron chi connectivity index (χ0n) is 11.0. The molecule has 3 aromatic rings. The van der Waals surface area contributed by atoms with E-state index in [1.807, 2.05) is 18.3 Å². The Labute approximate surface area is 111 Å². The zero-order valence-corrected chi connectivity index (χ0v) is 11.0. The highest BCUT2D eigenvalue weighted by molar-refractivity contribution is 5.43. The fourth-order valence-corrected chi connectivity index (χ4v) is 2.12. The van der Waals surface area contributed by atoms with Crippen molar-refractivity contribution >= 4 is 5.65 Å². The van der Waals surface area contributed by atoms with Gasteiger partial charge in [-0.3, -0.25) is 0 Å². The maximum atomic E-state index is 5.18. The molecule has 2 aromatic heterocycles. The number of hydrogen-bond acceptors (Lipinski definition) is 3. The third-order valence-electron chi connectivity index (χ3n) is 3.03. The van der Waals surface area contributed by atoms with Gasteiger partial charge in [0.05, 0.1) is 7.11 Å². The van der Waals surface area contributed by atoms with Crippen LogP contribution in [0.15, 0.2) is 42.6 Å². The number of benzene rings is 1. The molecule has 0 saturated heterocycles. The Morgan fingerprint density at radius 1 is 1.21 bits per heavy atom. The van der Waals surface area contributed by atoms with Crippen molar-refractivity contribution < 1.29 is 4.74 Å². The standard InChI is InChI=1S/C15H15N3O/c1-11-4-3-5-12(8-11)9-14-16-15-10-13(19-2)6-7-18(15)17-14/h3-8,10H,9H2,1-2H3. The van der Waals surface area contributed by atoms with Gasteiger partial charge in [0.2, 0.25) is 0 Å². The molecule has 96 valence electrons. The second-order valence-electron chi connectivity index (χ2n) is 4.56. The summed E-state index contributed by atoms with van der Waals surface area (Å²) in [5.41, 5.74) is 3.29. The van der Waals surface area contributed by atoms with Crippen molar-refractivity contribution in [2.75, 3.05) is 7.11 Å². The lowest BCUT2D eigenvalue weighted by Crippen LogP contribution is -1.92. The fraction of sp³-hybridized carbons (Fsp3) is 0.200. The van der Waals surface area contributed by atoms with E-state index in [9.17, 15) is 0 Å². The van der Waals surface area contributed by atoms with Crippen molar-refractivity contribution in [3.05, 3.63) is 59.5 Å². The summed E-state index contributed by atoms with van der Waals surface area (Å²) in [4.78, 5) is 4.52. The molecular formula is C15H15N3O. The molecule has 0 atom stereocenters. The molecule has 19 heavy (non-hydrogen) atoms. The third kappa shape index (κ3) is 2.42. The summed E-state index contributed by atoms with van der Waals surface area (Å²) in [6.45, 7) is 2.09. The first-order valence-electron chi connectivity index (χ1n) is 6.19. The number of hydrogen-bond donors (Lipinski definition) is 0. The molecule has 0 unspecified atom stereocenters. The minimum atomic E-state index is 0.742. The molecular weight excluding hydrogens is 238 g/mol. The van der Waals surface area contributed by atoms with Gasteiger partial charge in [0, 0.05) is 18.7 Å². The minimum absolute atomic E-state index is 0.742. The van der Waals surface area contributed by atoms with Crippen LogP contribution in [0.2, 0.25) is 0 Å². The molecule has 0 fully saturated rings. The highest BCUT2D eigenvalue weighted by atomic mass is 16.5. The Bertz CT molecular complexity index is 718. The molecule has 1 aromatic carbocycles. The van der Waals surface area contributed by atoms with Crippen LogP contribution in [0, 0.1) is 6.92 Å². The third-order valence-corrected chi connectivity index (χ3v) is 3.03. The Morgan fingerprint density at radius 3 is 2.89 bits per heavy atom. The normalized spacial score (nSPS) is 10.8. The maximum absolute atomic E-state index is 5.18. The Morgan fingerprint density at radius 2 is 2.11 bits per heavy atom. The van der Waals surface area contributed by atoms with Gasteiger partial charge in [-0.2, -0.15) is 5.10 Å². The molecule has 0 bridgehead atoms. The summed E-state index contributed by atoms with van der Waals surface area (Å²) >= 11 is 0. The zero-order chi connectivity index (χ0) is 13.2. The van der Waals surface area contributed by atoms with Crippen molar-refractivity contribution in [3.63, 3.8) is 0 Å². The van der Waals surface area contributed by atoms with E-state index >= 15 is 0 Å². The van der Waals surface area contributed by atoms with Crippen LogP contribution in [0.1, 0.15) is 17.0 Å². The average Bonchev–Trinajstić information content (AvgIpc) is 2.79. The van der Waals surface area contributed by atoms with E-state index in [4.69, 9.17) is 4.74 Å². The summed E-state index contributed by atoms with van der Waals surface area (Å²) in [6.07, 6.45) is 2.60. The molecule has 2 heterocycles. The Balaban J connectivity index is 1.93. The molecule has 0 amide bonds. The van der Waals surface area contributed by atoms with E-state index in [-0.39, 0.29) is 0 Å². The molecule has 4 heteroatoms. The number of aryl methyl sites for hydroxylation is 1. The lowest BCUT2D eigenvalue weighted by molar-refractivity contribution is 0.414. The van der Waals surface area contributed by atoms with E-state index in [1.165, 1.54) is 11.1 Å². The van der Waals surface area contributed by atoms with Crippen molar-refractivity contribution in [2.24, 2.45) is 0 Å². The summed E-state index contributed by atoms with van der Waals surface area (Å²) in [5, 5.41) is 4.46. The SMILES string of the molecule is COc1ccn2nc(Cc3cccc(C)c3)nc2c1. The van der Waals surface area contributed by atoms with Crippen LogP contribution in [0.3, 0.4) is 0 Å². The highest BCUT2D eigenvalue weighted by Crippen LogP contribution is 2.14. The van der Waals surface area contributed by atoms with Crippen LogP contribution in [-0.4, -0.2) is 21.7 Å². The second-order valence-corrected chi connectivity index (χ2v) is 4.56. The van der Waals surface area contributed by atoms with Crippen LogP contribution in [0.25, 0.3) is 5.65 Å². The highest BCUT2D eigenvalue weighted by Gasteiger charge is 2.05. The molecule has 0 saturated carbocycles. The van der Waals surface area contributed by atoms with Gasteiger partial charge in [-0.25, -0.2) is 9.50 Å². The molecule has 0 spiro atoms. The van der Waals surface area contributed by atoms with Gasteiger partial charge in [-0.1, -0.05) is 29.8 Å². The number of rotatable bonds is 3. The van der Waals surface area contributed by atoms with Crippen molar-refractivity contribution in [2.45, 2.75) is 13.3 Å². The van der Waals surface area contributed by atoms with Gasteiger partial charge < -0.3 is 4.74 Å². The Hall–Kier alpha value is -2.36. The van der Waals surface area contributed by atoms with E-state index in [1.54, 1.807) is 11.6 Å². The van der Waals surface area contributed by atoms with E-state index in [2.05, 4.69) is 41.3 Å². The van der Waals surface area contributed by atoms with Gasteiger partial charge >= 0.3 is 0 Å². The number of ether oxygens (including phenoxy) is 1. The van der Waals surface area contributed by atoms with Crippen LogP contribution < -0.4 is 4.74 Å². The van der Waals surface area contributed by atoms with Crippen LogP contribution in [0.5, 0.6) is 5.75 Å². The Kier molecular flexibility index (Phi) is 2.91. The fourth-order valence-electron chi connectivity index (χ4n) is 2.12. The summed E-state index contributed by atoms with van der Waals surface area (Å²) in [7, 11) is 1.65. The van der Waals surface area contributed by atoms with Gasteiger partial charge in [0.1, 0.15) is 5.75 Å². The molecule has 0 aliphatic rings. The first-order chi connectivity index (χ1) is 9.24. The van der Waals surface area contributed by atoms with Crippen LogP contribution in [0.4, 0.5) is 0 Å². The van der Waals surface area contributed by atoms with Crippen molar-refractivity contribution in [1.82, 2.24) is 14.6 Å². The lowest BCUT2D eigenvalue weighted by Gasteiger charge is -1.98. The molecule has 4 nitrogen and oxygen atoms in total. The number of aromatic nitrogens is 3. The number of methoxy groups -OCH3 is 1. The summed E-state index contributed by atoms with van der Waals surface area (Å²) in [6, 6.07) is 12.2. The van der Waals surface area contributed by atoms with E-state index in [0.29, 0.717) is 0 Å². The first-order valence-corrected chi connectivity index (χ1v) is 6.19. The van der Waals surface area contributed by atoms with E-state index < -0.39 is 0 Å². The smallest absolute Gasteiger partial charge is 0.159 e. The van der Waals surface area contributed by atoms with E-state index in [0.717, 1.165) is 23.6 Å². The summed E-state index contributed by atoms with van der Waals surface area (Å²) < 4.78 is 6.96. The molecule has 3 rings (SSSR count). The van der Waals surface area contributed by atoms with Crippen molar-refractivity contribution in [3.8, 4) is 5.75 Å². The molecule has 0 radical (unpaired) electrons. The summed E-state index contributed by atoms with van der Waals surface area (Å²) in [5.74, 6) is 1.61. The van der Waals surface area contributed by atoms with Gasteiger partial charge in [-0.15, -0.1) is 0 Å². The quantitative estimate of drug-likeness (QED) is 0.720. The average molecular weight is 253 g/mol. The lowest BCUT2D eigenvalue weighted by atomic mass is 10.1. The second kappa shape index (κ2) is 4.72. The molecule has 0 N–H and O–H groups in total. The largest absolute Gasteiger partial charge is 0.497 e. The topological polar surface area (TPSA) is 39.4 Å². The molecule has 0 aliphatic heterocycles. The number of fused-ring (bicyclic) bond motifs is 1. The van der Waals surface area contributed by atoms with Crippen LogP contribution in [-0.2, 0) is 6.42 Å². The maximum Gasteiger partial charge on any atom is 0.159 e. The van der Waals surface area contributed by atoms with Gasteiger partial charge in [-0.05, 0) is 18.6 Å². The monoisotopic (exact) mass is 253 g/mol. The van der Waals surface area contributed by atoms with Gasteiger partial charge in [0.25, 0.3) is 0 Å². The van der Waals surface area contributed by atoms with Crippen molar-refractivity contribution in [1.29, 1.82) is 0 Å². The number of nitrogens with zero attached hydrogens (tertiary/aromatic N) is 3. The minimum Gasteiger partial charge on any atom is -0.497 e. The van der Waals surface area contributed by atoms with Gasteiger partial charge in [0.15, 0.2) is 11.5 Å². The molecule has 0 aliphatic carbocycles. The first kappa shape index (κ1) is 11.7. The number of pyridine rings is 1. The van der Waals surface area contributed by atoms with Crippen LogP contribution >= 0.6 is 0 Å². The predicted molar refractivity (Wildman–Crippen MR) is 73.5 cm³/mol. The predicted octanol–water partition coefficient (Wildman–Crippen LogP) is 2.64.